The number of thiophene rings is 1. The summed E-state index contributed by atoms with van der Waals surface area (Å²) < 4.78 is 14.5. The van der Waals surface area contributed by atoms with E-state index in [1.54, 1.807) is 12.3 Å². The maximum atomic E-state index is 13.6. The Labute approximate surface area is 105 Å². The fourth-order valence-electron chi connectivity index (χ4n) is 1.43. The van der Waals surface area contributed by atoms with Gasteiger partial charge in [-0.25, -0.2) is 9.82 Å². The van der Waals surface area contributed by atoms with E-state index in [0.717, 1.165) is 8.66 Å². The molecule has 0 saturated carbocycles. The van der Waals surface area contributed by atoms with Gasteiger partial charge in [-0.05, 0) is 34.1 Å². The van der Waals surface area contributed by atoms with E-state index in [0.29, 0.717) is 5.56 Å². The number of aromatic nitrogens is 1. The van der Waals surface area contributed by atoms with Gasteiger partial charge in [-0.3, -0.25) is 10.8 Å². The highest BCUT2D eigenvalue weighted by Gasteiger charge is 2.17. The fraction of sp³-hybridized carbons (Fsp3) is 0.100. The van der Waals surface area contributed by atoms with Gasteiger partial charge in [0.05, 0.1) is 16.0 Å². The van der Waals surface area contributed by atoms with E-state index < -0.39 is 0 Å². The summed E-state index contributed by atoms with van der Waals surface area (Å²) in [4.78, 5) is 4.65. The van der Waals surface area contributed by atoms with Crippen LogP contribution in [0.5, 0.6) is 0 Å². The quantitative estimate of drug-likeness (QED) is 0.677. The number of nitrogens with zero attached hydrogens (tertiary/aromatic N) is 1. The second-order valence-electron chi connectivity index (χ2n) is 3.14. The first-order valence-corrected chi connectivity index (χ1v) is 6.14. The zero-order valence-corrected chi connectivity index (χ0v) is 10.6. The minimum absolute atomic E-state index is 0.348. The van der Waals surface area contributed by atoms with Crippen molar-refractivity contribution in [2.75, 3.05) is 0 Å². The minimum Gasteiger partial charge on any atom is -0.271 e. The summed E-state index contributed by atoms with van der Waals surface area (Å²) in [5, 5.41) is 0. The Balaban J connectivity index is 2.40. The molecule has 2 aromatic heterocycles. The number of hydrogen-bond donors (Lipinski definition) is 2. The third-order valence-electron chi connectivity index (χ3n) is 2.16. The summed E-state index contributed by atoms with van der Waals surface area (Å²) in [7, 11) is 0. The number of rotatable bonds is 3. The van der Waals surface area contributed by atoms with Crippen LogP contribution in [-0.4, -0.2) is 4.98 Å². The van der Waals surface area contributed by atoms with Crippen LogP contribution in [0.4, 0.5) is 4.39 Å². The Morgan fingerprint density at radius 3 is 2.81 bits per heavy atom. The Bertz CT molecular complexity index is 488. The molecular weight excluding hydrogens is 293 g/mol. The standard InChI is InChI=1S/C10H9BrFN3S/c11-9-2-1-8(16-9)10(15-13)6-3-4-14-5-7(6)12/h1-5,10,15H,13H2. The summed E-state index contributed by atoms with van der Waals surface area (Å²) in [5.41, 5.74) is 3.10. The van der Waals surface area contributed by atoms with Crippen molar-refractivity contribution in [1.82, 2.24) is 10.4 Å². The summed E-state index contributed by atoms with van der Waals surface area (Å²) >= 11 is 4.88. The van der Waals surface area contributed by atoms with Gasteiger partial charge in [-0.1, -0.05) is 0 Å². The van der Waals surface area contributed by atoms with Crippen LogP contribution in [0.3, 0.4) is 0 Å². The van der Waals surface area contributed by atoms with Crippen LogP contribution >= 0.6 is 27.3 Å². The molecule has 2 rings (SSSR count). The highest BCUT2D eigenvalue weighted by atomic mass is 79.9. The molecule has 84 valence electrons. The third kappa shape index (κ3) is 2.30. The predicted octanol–water partition coefficient (Wildman–Crippen LogP) is 2.60. The number of hydrazine groups is 1. The zero-order chi connectivity index (χ0) is 11.5. The zero-order valence-electron chi connectivity index (χ0n) is 8.15. The van der Waals surface area contributed by atoms with Crippen molar-refractivity contribution in [3.05, 3.63) is 50.6 Å². The van der Waals surface area contributed by atoms with E-state index >= 15 is 0 Å². The minimum atomic E-state index is -0.366. The monoisotopic (exact) mass is 301 g/mol. The highest BCUT2D eigenvalue weighted by molar-refractivity contribution is 9.11. The second-order valence-corrected chi connectivity index (χ2v) is 5.63. The van der Waals surface area contributed by atoms with Crippen molar-refractivity contribution in [2.45, 2.75) is 6.04 Å². The molecule has 2 heterocycles. The van der Waals surface area contributed by atoms with E-state index in [4.69, 9.17) is 5.84 Å². The first-order chi connectivity index (χ1) is 7.72. The van der Waals surface area contributed by atoms with Crippen LogP contribution in [0.1, 0.15) is 16.5 Å². The van der Waals surface area contributed by atoms with E-state index in [1.807, 2.05) is 12.1 Å². The fourth-order valence-corrected chi connectivity index (χ4v) is 2.93. The van der Waals surface area contributed by atoms with E-state index in [2.05, 4.69) is 26.3 Å². The van der Waals surface area contributed by atoms with Crippen molar-refractivity contribution in [3.8, 4) is 0 Å². The normalized spacial score (nSPS) is 12.7. The molecule has 0 radical (unpaired) electrons. The van der Waals surface area contributed by atoms with Crippen molar-refractivity contribution in [1.29, 1.82) is 0 Å². The molecular formula is C10H9BrFN3S. The van der Waals surface area contributed by atoms with Gasteiger partial charge in [0.25, 0.3) is 0 Å². The molecule has 1 atom stereocenters. The van der Waals surface area contributed by atoms with Crippen LogP contribution in [0.2, 0.25) is 0 Å². The topological polar surface area (TPSA) is 50.9 Å². The number of halogens is 2. The third-order valence-corrected chi connectivity index (χ3v) is 3.85. The average molecular weight is 302 g/mol. The molecule has 6 heteroatoms. The summed E-state index contributed by atoms with van der Waals surface area (Å²) in [6.45, 7) is 0. The Hall–Kier alpha value is -0.820. The summed E-state index contributed by atoms with van der Waals surface area (Å²) in [6, 6.07) is 5.08. The molecule has 16 heavy (non-hydrogen) atoms. The van der Waals surface area contributed by atoms with Crippen LogP contribution < -0.4 is 11.3 Å². The molecule has 1 unspecified atom stereocenters. The lowest BCUT2D eigenvalue weighted by atomic mass is 10.1. The molecule has 2 aromatic rings. The molecule has 0 aliphatic heterocycles. The van der Waals surface area contributed by atoms with Crippen molar-refractivity contribution in [3.63, 3.8) is 0 Å². The van der Waals surface area contributed by atoms with Gasteiger partial charge in [0.15, 0.2) is 0 Å². The molecule has 0 saturated heterocycles. The SMILES string of the molecule is NNC(c1ccc(Br)s1)c1ccncc1F. The largest absolute Gasteiger partial charge is 0.271 e. The van der Waals surface area contributed by atoms with Gasteiger partial charge in [0.1, 0.15) is 5.82 Å². The second kappa shape index (κ2) is 5.01. The molecule has 0 bridgehead atoms. The van der Waals surface area contributed by atoms with Gasteiger partial charge < -0.3 is 0 Å². The van der Waals surface area contributed by atoms with Gasteiger partial charge >= 0.3 is 0 Å². The highest BCUT2D eigenvalue weighted by Crippen LogP contribution is 2.31. The first-order valence-electron chi connectivity index (χ1n) is 4.53. The molecule has 0 aromatic carbocycles. The lowest BCUT2D eigenvalue weighted by Crippen LogP contribution is -2.28. The van der Waals surface area contributed by atoms with Gasteiger partial charge in [-0.15, -0.1) is 11.3 Å². The van der Waals surface area contributed by atoms with Crippen LogP contribution in [0, 0.1) is 5.82 Å². The maximum absolute atomic E-state index is 13.6. The van der Waals surface area contributed by atoms with Gasteiger partial charge in [0.2, 0.25) is 0 Å². The average Bonchev–Trinajstić information content (AvgIpc) is 2.69. The number of pyridine rings is 1. The molecule has 0 fully saturated rings. The summed E-state index contributed by atoms with van der Waals surface area (Å²) in [6.07, 6.45) is 2.73. The van der Waals surface area contributed by atoms with Crippen LogP contribution in [-0.2, 0) is 0 Å². The number of nitrogens with two attached hydrogens (primary N) is 1. The molecule has 0 amide bonds. The summed E-state index contributed by atoms with van der Waals surface area (Å²) in [5.74, 6) is 5.10. The Kier molecular flexibility index (Phi) is 3.65. The van der Waals surface area contributed by atoms with Crippen molar-refractivity contribution in [2.24, 2.45) is 5.84 Å². The van der Waals surface area contributed by atoms with Gasteiger partial charge in [-0.2, -0.15) is 0 Å². The molecule has 0 aliphatic carbocycles. The van der Waals surface area contributed by atoms with Crippen molar-refractivity contribution >= 4 is 27.3 Å². The molecule has 3 N–H and O–H groups in total. The van der Waals surface area contributed by atoms with Crippen LogP contribution in [0.25, 0.3) is 0 Å². The van der Waals surface area contributed by atoms with Crippen LogP contribution in [0.15, 0.2) is 34.4 Å². The molecule has 0 aliphatic rings. The van der Waals surface area contributed by atoms with Gasteiger partial charge in [0, 0.05) is 16.6 Å². The van der Waals surface area contributed by atoms with E-state index in [1.165, 1.54) is 17.5 Å². The van der Waals surface area contributed by atoms with Crippen molar-refractivity contribution < 1.29 is 4.39 Å². The lowest BCUT2D eigenvalue weighted by Gasteiger charge is -2.14. The number of nitrogens with one attached hydrogen (secondary N) is 1. The Morgan fingerprint density at radius 1 is 1.44 bits per heavy atom. The van der Waals surface area contributed by atoms with E-state index in [-0.39, 0.29) is 11.9 Å². The lowest BCUT2D eigenvalue weighted by molar-refractivity contribution is 0.559. The maximum Gasteiger partial charge on any atom is 0.146 e. The Morgan fingerprint density at radius 2 is 2.25 bits per heavy atom. The first kappa shape index (κ1) is 11.7. The van der Waals surface area contributed by atoms with E-state index in [9.17, 15) is 4.39 Å². The number of hydrogen-bond acceptors (Lipinski definition) is 4. The predicted molar refractivity (Wildman–Crippen MR) is 65.4 cm³/mol. The smallest absolute Gasteiger partial charge is 0.146 e. The molecule has 0 spiro atoms. The molecule has 3 nitrogen and oxygen atoms in total.